The number of aromatic nitrogens is 4. The number of nitrogens with one attached hydrogen (secondary N) is 1. The average molecular weight is 447 g/mol. The number of amides is 1. The van der Waals surface area contributed by atoms with E-state index < -0.39 is 0 Å². The van der Waals surface area contributed by atoms with E-state index in [9.17, 15) is 4.79 Å². The number of ether oxygens (including phenoxy) is 1. The van der Waals surface area contributed by atoms with Crippen LogP contribution in [0.25, 0.3) is 16.8 Å². The van der Waals surface area contributed by atoms with Crippen molar-refractivity contribution in [2.24, 2.45) is 0 Å². The van der Waals surface area contributed by atoms with Crippen molar-refractivity contribution < 1.29 is 9.53 Å². The van der Waals surface area contributed by atoms with Crippen LogP contribution in [0.3, 0.4) is 0 Å². The summed E-state index contributed by atoms with van der Waals surface area (Å²) >= 11 is 0. The summed E-state index contributed by atoms with van der Waals surface area (Å²) in [6.45, 7) is 8.21. The standard InChI is InChI=1S/C25H30N6O2/c1-17-3-5-19(6-4-17)21-13-22(25(32)26-18(2)16-30-9-11-33-12-10-30)15-23(14-21)31-24(20-7-8-20)27-28-29-31/h3-6,13-15,18,20H,7-12,16H2,1-2H3,(H,26,32)/t18-/m1/s1. The van der Waals surface area contributed by atoms with Crippen molar-refractivity contribution in [1.82, 2.24) is 30.4 Å². The van der Waals surface area contributed by atoms with Gasteiger partial charge in [0, 0.05) is 37.2 Å². The first-order valence-electron chi connectivity index (χ1n) is 11.7. The molecule has 5 rings (SSSR count). The fraction of sp³-hybridized carbons (Fsp3) is 0.440. The molecule has 1 aromatic heterocycles. The molecule has 1 amide bonds. The molecule has 0 spiro atoms. The highest BCUT2D eigenvalue weighted by atomic mass is 16.5. The van der Waals surface area contributed by atoms with Gasteiger partial charge in [0.05, 0.1) is 18.9 Å². The number of aryl methyl sites for hydroxylation is 1. The summed E-state index contributed by atoms with van der Waals surface area (Å²) in [5.74, 6) is 1.17. The number of tetrazole rings is 1. The first kappa shape index (κ1) is 21.7. The second kappa shape index (κ2) is 9.41. The molecule has 2 aromatic carbocycles. The smallest absolute Gasteiger partial charge is 0.251 e. The molecular formula is C25H30N6O2. The van der Waals surface area contributed by atoms with Gasteiger partial charge in [-0.2, -0.15) is 4.68 Å². The van der Waals surface area contributed by atoms with Gasteiger partial charge in [-0.1, -0.05) is 29.8 Å². The summed E-state index contributed by atoms with van der Waals surface area (Å²) in [5.41, 5.74) is 4.64. The van der Waals surface area contributed by atoms with Gasteiger partial charge in [0.2, 0.25) is 0 Å². The van der Waals surface area contributed by atoms with Gasteiger partial charge >= 0.3 is 0 Å². The lowest BCUT2D eigenvalue weighted by Crippen LogP contribution is -2.46. The highest BCUT2D eigenvalue weighted by Crippen LogP contribution is 2.39. The second-order valence-corrected chi connectivity index (χ2v) is 9.15. The predicted octanol–water partition coefficient (Wildman–Crippen LogP) is 2.97. The number of morpholine rings is 1. The van der Waals surface area contributed by atoms with E-state index in [0.29, 0.717) is 11.5 Å². The topological polar surface area (TPSA) is 85.2 Å². The van der Waals surface area contributed by atoms with Crippen molar-refractivity contribution in [2.75, 3.05) is 32.8 Å². The van der Waals surface area contributed by atoms with Crippen molar-refractivity contribution in [3.8, 4) is 16.8 Å². The van der Waals surface area contributed by atoms with Crippen molar-refractivity contribution in [3.63, 3.8) is 0 Å². The zero-order chi connectivity index (χ0) is 22.8. The summed E-state index contributed by atoms with van der Waals surface area (Å²) in [7, 11) is 0. The number of hydrogen-bond acceptors (Lipinski definition) is 6. The Balaban J connectivity index is 1.43. The van der Waals surface area contributed by atoms with Crippen molar-refractivity contribution in [1.29, 1.82) is 0 Å². The molecule has 1 saturated heterocycles. The van der Waals surface area contributed by atoms with E-state index in [1.54, 1.807) is 4.68 Å². The number of hydrogen-bond donors (Lipinski definition) is 1. The van der Waals surface area contributed by atoms with E-state index in [0.717, 1.165) is 68.3 Å². The fourth-order valence-electron chi connectivity index (χ4n) is 4.28. The van der Waals surface area contributed by atoms with Gasteiger partial charge in [-0.25, -0.2) is 0 Å². The van der Waals surface area contributed by atoms with Crippen LogP contribution < -0.4 is 5.32 Å². The lowest BCUT2D eigenvalue weighted by atomic mass is 10.0. The molecule has 8 nitrogen and oxygen atoms in total. The fourth-order valence-corrected chi connectivity index (χ4v) is 4.28. The summed E-state index contributed by atoms with van der Waals surface area (Å²) in [4.78, 5) is 15.6. The van der Waals surface area contributed by atoms with Crippen LogP contribution in [0, 0.1) is 6.92 Å². The molecule has 3 aromatic rings. The van der Waals surface area contributed by atoms with E-state index in [1.807, 2.05) is 19.1 Å². The Labute approximate surface area is 193 Å². The molecule has 1 aliphatic heterocycles. The van der Waals surface area contributed by atoms with Gasteiger partial charge < -0.3 is 10.1 Å². The van der Waals surface area contributed by atoms with Gasteiger partial charge in [-0.05, 0) is 66.4 Å². The molecule has 1 aliphatic carbocycles. The van der Waals surface area contributed by atoms with Crippen LogP contribution in [0.4, 0.5) is 0 Å². The van der Waals surface area contributed by atoms with Crippen molar-refractivity contribution in [2.45, 2.75) is 38.6 Å². The Bertz CT molecular complexity index is 1120. The Morgan fingerprint density at radius 3 is 2.61 bits per heavy atom. The summed E-state index contributed by atoms with van der Waals surface area (Å²) in [6, 6.07) is 14.2. The van der Waals surface area contributed by atoms with Crippen molar-refractivity contribution in [3.05, 3.63) is 59.4 Å². The number of carbonyl (C=O) groups is 1. The summed E-state index contributed by atoms with van der Waals surface area (Å²) in [6.07, 6.45) is 2.20. The maximum absolute atomic E-state index is 13.3. The lowest BCUT2D eigenvalue weighted by Gasteiger charge is -2.29. The molecule has 1 N–H and O–H groups in total. The minimum atomic E-state index is -0.0907. The largest absolute Gasteiger partial charge is 0.379 e. The molecule has 2 aliphatic rings. The number of benzene rings is 2. The number of carbonyl (C=O) groups excluding carboxylic acids is 1. The SMILES string of the molecule is Cc1ccc(-c2cc(C(=O)N[C@H](C)CN3CCOCC3)cc(-n3nnnc3C3CC3)c2)cc1. The zero-order valence-electron chi connectivity index (χ0n) is 19.2. The Morgan fingerprint density at radius 1 is 1.12 bits per heavy atom. The first-order chi connectivity index (χ1) is 16.1. The molecule has 2 heterocycles. The molecular weight excluding hydrogens is 416 g/mol. The minimum Gasteiger partial charge on any atom is -0.379 e. The molecule has 2 fully saturated rings. The number of rotatable bonds is 7. The molecule has 1 saturated carbocycles. The minimum absolute atomic E-state index is 0.0251. The van der Waals surface area contributed by atoms with Crippen LogP contribution in [-0.4, -0.2) is 69.9 Å². The average Bonchev–Trinajstić information content (AvgIpc) is 3.55. The predicted molar refractivity (Wildman–Crippen MR) is 125 cm³/mol. The Hall–Kier alpha value is -3.10. The van der Waals surface area contributed by atoms with Crippen LogP contribution in [0.1, 0.15) is 47.4 Å². The maximum Gasteiger partial charge on any atom is 0.251 e. The van der Waals surface area contributed by atoms with Gasteiger partial charge in [0.25, 0.3) is 5.91 Å². The van der Waals surface area contributed by atoms with E-state index in [1.165, 1.54) is 5.56 Å². The molecule has 0 unspecified atom stereocenters. The van der Waals surface area contributed by atoms with E-state index >= 15 is 0 Å². The van der Waals surface area contributed by atoms with Crippen molar-refractivity contribution >= 4 is 5.91 Å². The zero-order valence-corrected chi connectivity index (χ0v) is 19.2. The highest BCUT2D eigenvalue weighted by molar-refractivity contribution is 5.96. The second-order valence-electron chi connectivity index (χ2n) is 9.15. The molecule has 1 atom stereocenters. The van der Waals surface area contributed by atoms with E-state index in [-0.39, 0.29) is 11.9 Å². The molecule has 0 radical (unpaired) electrons. The lowest BCUT2D eigenvalue weighted by molar-refractivity contribution is 0.0342. The van der Waals surface area contributed by atoms with Crippen LogP contribution in [-0.2, 0) is 4.74 Å². The summed E-state index contributed by atoms with van der Waals surface area (Å²) < 4.78 is 7.21. The normalized spacial score (nSPS) is 17.6. The quantitative estimate of drug-likeness (QED) is 0.601. The number of nitrogens with zero attached hydrogens (tertiary/aromatic N) is 5. The van der Waals surface area contributed by atoms with Crippen LogP contribution in [0.5, 0.6) is 0 Å². The molecule has 33 heavy (non-hydrogen) atoms. The van der Waals surface area contributed by atoms with E-state index in [4.69, 9.17) is 4.74 Å². The Kier molecular flexibility index (Phi) is 6.20. The summed E-state index contributed by atoms with van der Waals surface area (Å²) in [5, 5.41) is 15.6. The van der Waals surface area contributed by atoms with E-state index in [2.05, 4.69) is 63.0 Å². The van der Waals surface area contributed by atoms with Gasteiger partial charge in [0.15, 0.2) is 5.82 Å². The van der Waals surface area contributed by atoms with Crippen LogP contribution in [0.2, 0.25) is 0 Å². The third-order valence-corrected chi connectivity index (χ3v) is 6.26. The van der Waals surface area contributed by atoms with Gasteiger partial charge in [-0.15, -0.1) is 5.10 Å². The monoisotopic (exact) mass is 446 g/mol. The Morgan fingerprint density at radius 2 is 1.88 bits per heavy atom. The maximum atomic E-state index is 13.3. The first-order valence-corrected chi connectivity index (χ1v) is 11.7. The molecule has 8 heteroatoms. The van der Waals surface area contributed by atoms with Crippen LogP contribution >= 0.6 is 0 Å². The third kappa shape index (κ3) is 5.12. The van der Waals surface area contributed by atoms with Gasteiger partial charge in [0.1, 0.15) is 0 Å². The molecule has 0 bridgehead atoms. The highest BCUT2D eigenvalue weighted by Gasteiger charge is 2.30. The third-order valence-electron chi connectivity index (χ3n) is 6.26. The van der Waals surface area contributed by atoms with Crippen LogP contribution in [0.15, 0.2) is 42.5 Å². The van der Waals surface area contributed by atoms with Gasteiger partial charge in [-0.3, -0.25) is 9.69 Å². The molecule has 172 valence electrons.